The molecule has 0 aliphatic heterocycles. The second-order valence-corrected chi connectivity index (χ2v) is 6.99. The number of alkyl halides is 3. The molecule has 0 bridgehead atoms. The molecule has 3 aromatic rings. The fraction of sp³-hybridized carbons (Fsp3) is 0.200. The van der Waals surface area contributed by atoms with E-state index in [0.29, 0.717) is 13.0 Å². The fourth-order valence-corrected chi connectivity index (χ4v) is 3.45. The van der Waals surface area contributed by atoms with Crippen molar-refractivity contribution in [2.45, 2.75) is 19.1 Å². The van der Waals surface area contributed by atoms with Gasteiger partial charge >= 0.3 is 6.18 Å². The molecule has 0 saturated carbocycles. The van der Waals surface area contributed by atoms with Crippen LogP contribution >= 0.6 is 11.3 Å². The first kappa shape index (κ1) is 19.1. The standard InChI is InChI=1S/C20H17F3N2OS/c21-20(22,23)18-8-2-1-7-17(18)19(26)25(11-9-16-6-4-12-27-16)14-15-5-3-10-24-13-15/h1-8,10,12-13H,9,11,14H2. The first-order valence-electron chi connectivity index (χ1n) is 8.32. The van der Waals surface area contributed by atoms with Gasteiger partial charge in [-0.3, -0.25) is 9.78 Å². The second-order valence-electron chi connectivity index (χ2n) is 5.96. The number of pyridine rings is 1. The maximum absolute atomic E-state index is 13.3. The van der Waals surface area contributed by atoms with Gasteiger partial charge in [0.25, 0.3) is 5.91 Å². The quantitative estimate of drug-likeness (QED) is 0.590. The Labute approximate surface area is 159 Å². The predicted molar refractivity (Wildman–Crippen MR) is 98.4 cm³/mol. The number of rotatable bonds is 6. The monoisotopic (exact) mass is 390 g/mol. The molecular weight excluding hydrogens is 373 g/mol. The lowest BCUT2D eigenvalue weighted by atomic mass is 10.1. The van der Waals surface area contributed by atoms with Crippen LogP contribution in [0, 0.1) is 0 Å². The van der Waals surface area contributed by atoms with E-state index in [1.165, 1.54) is 23.1 Å². The molecule has 3 rings (SSSR count). The van der Waals surface area contributed by atoms with Crippen molar-refractivity contribution in [1.82, 2.24) is 9.88 Å². The Morgan fingerprint density at radius 2 is 1.89 bits per heavy atom. The third-order valence-electron chi connectivity index (χ3n) is 4.05. The van der Waals surface area contributed by atoms with Crippen molar-refractivity contribution in [3.8, 4) is 0 Å². The topological polar surface area (TPSA) is 33.2 Å². The maximum Gasteiger partial charge on any atom is 0.417 e. The van der Waals surface area contributed by atoms with Gasteiger partial charge in [0.1, 0.15) is 0 Å². The van der Waals surface area contributed by atoms with Crippen molar-refractivity contribution in [1.29, 1.82) is 0 Å². The Morgan fingerprint density at radius 3 is 2.56 bits per heavy atom. The lowest BCUT2D eigenvalue weighted by molar-refractivity contribution is -0.138. The molecule has 0 aliphatic rings. The highest BCUT2D eigenvalue weighted by Gasteiger charge is 2.35. The normalized spacial score (nSPS) is 11.4. The number of hydrogen-bond acceptors (Lipinski definition) is 3. The van der Waals surface area contributed by atoms with Crippen LogP contribution in [0.15, 0.2) is 66.3 Å². The molecule has 2 heterocycles. The molecule has 1 aromatic carbocycles. The van der Waals surface area contributed by atoms with Gasteiger partial charge in [0.15, 0.2) is 0 Å². The summed E-state index contributed by atoms with van der Waals surface area (Å²) in [6, 6.07) is 12.3. The minimum absolute atomic E-state index is 0.199. The number of halogens is 3. The number of amides is 1. The summed E-state index contributed by atoms with van der Waals surface area (Å²) in [5.74, 6) is -0.636. The van der Waals surface area contributed by atoms with E-state index in [1.807, 2.05) is 17.5 Å². The van der Waals surface area contributed by atoms with Crippen LogP contribution in [-0.4, -0.2) is 22.3 Å². The van der Waals surface area contributed by atoms with Crippen molar-refractivity contribution in [3.63, 3.8) is 0 Å². The van der Waals surface area contributed by atoms with Crippen LogP contribution in [-0.2, 0) is 19.1 Å². The largest absolute Gasteiger partial charge is 0.417 e. The summed E-state index contributed by atoms with van der Waals surface area (Å²) >= 11 is 1.56. The highest BCUT2D eigenvalue weighted by Crippen LogP contribution is 2.32. The van der Waals surface area contributed by atoms with Gasteiger partial charge < -0.3 is 4.90 Å². The molecule has 0 aliphatic carbocycles. The minimum Gasteiger partial charge on any atom is -0.334 e. The van der Waals surface area contributed by atoms with Crippen LogP contribution in [0.25, 0.3) is 0 Å². The zero-order valence-electron chi connectivity index (χ0n) is 14.3. The van der Waals surface area contributed by atoms with Crippen LogP contribution in [0.4, 0.5) is 13.2 Å². The summed E-state index contributed by atoms with van der Waals surface area (Å²) in [5, 5.41) is 1.93. The van der Waals surface area contributed by atoms with Crippen LogP contribution in [0.2, 0.25) is 0 Å². The fourth-order valence-electron chi connectivity index (χ4n) is 2.75. The van der Waals surface area contributed by atoms with Gasteiger partial charge in [0.2, 0.25) is 0 Å². The summed E-state index contributed by atoms with van der Waals surface area (Å²) in [6.45, 7) is 0.519. The van der Waals surface area contributed by atoms with E-state index in [1.54, 1.807) is 35.9 Å². The van der Waals surface area contributed by atoms with E-state index in [0.717, 1.165) is 16.5 Å². The molecule has 0 fully saturated rings. The van der Waals surface area contributed by atoms with Crippen LogP contribution in [0.1, 0.15) is 26.4 Å². The summed E-state index contributed by atoms with van der Waals surface area (Å²) in [4.78, 5) is 19.5. The van der Waals surface area contributed by atoms with Gasteiger partial charge in [0.05, 0.1) is 11.1 Å². The molecule has 2 aromatic heterocycles. The third kappa shape index (κ3) is 4.95. The van der Waals surface area contributed by atoms with Crippen molar-refractivity contribution in [2.24, 2.45) is 0 Å². The Balaban J connectivity index is 1.88. The summed E-state index contributed by atoms with van der Waals surface area (Å²) in [6.07, 6.45) is -0.779. The van der Waals surface area contributed by atoms with E-state index in [2.05, 4.69) is 4.98 Å². The highest BCUT2D eigenvalue weighted by atomic mass is 32.1. The second kappa shape index (κ2) is 8.35. The molecule has 7 heteroatoms. The number of thiophene rings is 1. The summed E-state index contributed by atoms with van der Waals surface area (Å²) in [5.41, 5.74) is -0.483. The molecule has 0 spiro atoms. The average molecular weight is 390 g/mol. The zero-order valence-corrected chi connectivity index (χ0v) is 15.1. The molecule has 140 valence electrons. The molecule has 0 unspecified atom stereocenters. The molecule has 0 N–H and O–H groups in total. The smallest absolute Gasteiger partial charge is 0.334 e. The van der Waals surface area contributed by atoms with E-state index in [9.17, 15) is 18.0 Å². The number of nitrogens with zero attached hydrogens (tertiary/aromatic N) is 2. The Morgan fingerprint density at radius 1 is 1.07 bits per heavy atom. The van der Waals surface area contributed by atoms with Gasteiger partial charge in [-0.1, -0.05) is 24.3 Å². The van der Waals surface area contributed by atoms with Crippen molar-refractivity contribution >= 4 is 17.2 Å². The zero-order chi connectivity index (χ0) is 19.3. The molecular formula is C20H17F3N2OS. The Bertz CT molecular complexity index is 880. The highest BCUT2D eigenvalue weighted by molar-refractivity contribution is 7.09. The maximum atomic E-state index is 13.3. The van der Waals surface area contributed by atoms with Gasteiger partial charge in [-0.2, -0.15) is 13.2 Å². The van der Waals surface area contributed by atoms with Crippen LogP contribution in [0.3, 0.4) is 0 Å². The number of carbonyl (C=O) groups excluding carboxylic acids is 1. The van der Waals surface area contributed by atoms with Gasteiger partial charge in [-0.05, 0) is 41.6 Å². The van der Waals surface area contributed by atoms with Crippen LogP contribution in [0.5, 0.6) is 0 Å². The Kier molecular flexibility index (Phi) is 5.91. The van der Waals surface area contributed by atoms with Gasteiger partial charge in [-0.25, -0.2) is 0 Å². The summed E-state index contributed by atoms with van der Waals surface area (Å²) < 4.78 is 40.0. The number of aromatic nitrogens is 1. The third-order valence-corrected chi connectivity index (χ3v) is 4.99. The van der Waals surface area contributed by atoms with Gasteiger partial charge in [-0.15, -0.1) is 11.3 Å². The average Bonchev–Trinajstić information content (AvgIpc) is 3.18. The van der Waals surface area contributed by atoms with Crippen LogP contribution < -0.4 is 0 Å². The molecule has 0 radical (unpaired) electrons. The lowest BCUT2D eigenvalue weighted by Crippen LogP contribution is -2.33. The number of carbonyl (C=O) groups is 1. The lowest BCUT2D eigenvalue weighted by Gasteiger charge is -2.24. The van der Waals surface area contributed by atoms with Crippen molar-refractivity contribution < 1.29 is 18.0 Å². The van der Waals surface area contributed by atoms with E-state index in [-0.39, 0.29) is 12.1 Å². The Hall–Kier alpha value is -2.67. The molecule has 0 atom stereocenters. The van der Waals surface area contributed by atoms with Gasteiger partial charge in [0, 0.05) is 30.4 Å². The number of hydrogen-bond donors (Lipinski definition) is 0. The van der Waals surface area contributed by atoms with E-state index >= 15 is 0 Å². The van der Waals surface area contributed by atoms with E-state index in [4.69, 9.17) is 0 Å². The molecule has 1 amide bonds. The van der Waals surface area contributed by atoms with E-state index < -0.39 is 17.6 Å². The SMILES string of the molecule is O=C(c1ccccc1C(F)(F)F)N(CCc1cccs1)Cc1cccnc1. The molecule has 27 heavy (non-hydrogen) atoms. The summed E-state index contributed by atoms with van der Waals surface area (Å²) in [7, 11) is 0. The molecule has 3 nitrogen and oxygen atoms in total. The first-order chi connectivity index (χ1) is 12.9. The van der Waals surface area contributed by atoms with Crippen molar-refractivity contribution in [2.75, 3.05) is 6.54 Å². The first-order valence-corrected chi connectivity index (χ1v) is 9.20. The predicted octanol–water partition coefficient (Wildman–Crippen LogP) is 5.05. The number of benzene rings is 1. The minimum atomic E-state index is -4.58. The molecule has 0 saturated heterocycles. The van der Waals surface area contributed by atoms with Crippen molar-refractivity contribution in [3.05, 3.63) is 87.9 Å².